The summed E-state index contributed by atoms with van der Waals surface area (Å²) in [5, 5.41) is 0.791. The number of hydrogen-bond donors (Lipinski definition) is 1. The molecular formula is C10H13ClN2. The molecule has 0 amide bonds. The van der Waals surface area contributed by atoms with Gasteiger partial charge in [0.15, 0.2) is 0 Å². The monoisotopic (exact) mass is 196 g/mol. The average molecular weight is 197 g/mol. The van der Waals surface area contributed by atoms with E-state index < -0.39 is 0 Å². The Morgan fingerprint density at radius 1 is 1.31 bits per heavy atom. The van der Waals surface area contributed by atoms with Crippen molar-refractivity contribution in [3.8, 4) is 0 Å². The molecule has 0 aliphatic carbocycles. The predicted octanol–water partition coefficient (Wildman–Crippen LogP) is 1.73. The molecule has 1 saturated heterocycles. The molecule has 0 atom stereocenters. The van der Waals surface area contributed by atoms with Gasteiger partial charge < -0.3 is 10.6 Å². The molecule has 1 aliphatic rings. The van der Waals surface area contributed by atoms with Crippen LogP contribution in [0.15, 0.2) is 24.3 Å². The van der Waals surface area contributed by atoms with Gasteiger partial charge in [0.05, 0.1) is 0 Å². The molecule has 2 N–H and O–H groups in total. The molecule has 1 aliphatic heterocycles. The van der Waals surface area contributed by atoms with Crippen molar-refractivity contribution in [1.82, 2.24) is 0 Å². The molecule has 1 heterocycles. The van der Waals surface area contributed by atoms with Gasteiger partial charge in [-0.05, 0) is 30.8 Å². The van der Waals surface area contributed by atoms with Gasteiger partial charge in [-0.15, -0.1) is 0 Å². The van der Waals surface area contributed by atoms with Crippen molar-refractivity contribution in [1.29, 1.82) is 0 Å². The van der Waals surface area contributed by atoms with Crippen LogP contribution in [0.25, 0.3) is 0 Å². The SMILES string of the molecule is NCC1CN(c2ccc(Cl)cc2)C1. The van der Waals surface area contributed by atoms with E-state index in [2.05, 4.69) is 17.0 Å². The van der Waals surface area contributed by atoms with E-state index in [1.165, 1.54) is 5.69 Å². The molecule has 0 aromatic heterocycles. The lowest BCUT2D eigenvalue weighted by molar-refractivity contribution is 0.420. The fourth-order valence-corrected chi connectivity index (χ4v) is 1.71. The van der Waals surface area contributed by atoms with E-state index in [4.69, 9.17) is 17.3 Å². The van der Waals surface area contributed by atoms with Gasteiger partial charge >= 0.3 is 0 Å². The minimum absolute atomic E-state index is 0.677. The van der Waals surface area contributed by atoms with E-state index in [-0.39, 0.29) is 0 Å². The summed E-state index contributed by atoms with van der Waals surface area (Å²) in [6.45, 7) is 2.96. The molecule has 2 nitrogen and oxygen atoms in total. The van der Waals surface area contributed by atoms with E-state index in [0.29, 0.717) is 5.92 Å². The highest BCUT2D eigenvalue weighted by molar-refractivity contribution is 6.30. The van der Waals surface area contributed by atoms with E-state index in [1.807, 2.05) is 12.1 Å². The summed E-state index contributed by atoms with van der Waals surface area (Å²) in [7, 11) is 0. The summed E-state index contributed by atoms with van der Waals surface area (Å²) in [6, 6.07) is 7.95. The van der Waals surface area contributed by atoms with E-state index in [9.17, 15) is 0 Å². The fraction of sp³-hybridized carbons (Fsp3) is 0.400. The van der Waals surface area contributed by atoms with Crippen molar-refractivity contribution in [2.75, 3.05) is 24.5 Å². The summed E-state index contributed by atoms with van der Waals surface area (Å²) >= 11 is 5.79. The third kappa shape index (κ3) is 1.79. The predicted molar refractivity (Wildman–Crippen MR) is 56.2 cm³/mol. The molecule has 0 saturated carbocycles. The number of benzene rings is 1. The molecule has 0 unspecified atom stereocenters. The average Bonchev–Trinajstić information content (AvgIpc) is 2.06. The summed E-state index contributed by atoms with van der Waals surface area (Å²) in [5.41, 5.74) is 6.79. The third-order valence-electron chi connectivity index (χ3n) is 2.48. The van der Waals surface area contributed by atoms with Crippen molar-refractivity contribution in [3.05, 3.63) is 29.3 Å². The second-order valence-corrected chi connectivity index (χ2v) is 3.92. The molecule has 0 bridgehead atoms. The molecular weight excluding hydrogens is 184 g/mol. The van der Waals surface area contributed by atoms with Gasteiger partial charge in [-0.3, -0.25) is 0 Å². The Kier molecular flexibility index (Phi) is 2.42. The lowest BCUT2D eigenvalue weighted by atomic mass is 10.00. The fourth-order valence-electron chi connectivity index (χ4n) is 1.58. The number of nitrogens with zero attached hydrogens (tertiary/aromatic N) is 1. The summed E-state index contributed by atoms with van der Waals surface area (Å²) in [4.78, 5) is 2.31. The standard InChI is InChI=1S/C10H13ClN2/c11-9-1-3-10(4-2-9)13-6-8(5-12)7-13/h1-4,8H,5-7,12H2. The Labute approximate surface area is 83.3 Å². The second kappa shape index (κ2) is 3.56. The molecule has 1 fully saturated rings. The Balaban J connectivity index is 1.99. The Morgan fingerprint density at radius 3 is 2.46 bits per heavy atom. The van der Waals surface area contributed by atoms with Gasteiger partial charge in [0.1, 0.15) is 0 Å². The lowest BCUT2D eigenvalue weighted by Crippen LogP contribution is -2.49. The quantitative estimate of drug-likeness (QED) is 0.781. The molecule has 0 radical (unpaired) electrons. The van der Waals surface area contributed by atoms with E-state index in [0.717, 1.165) is 24.7 Å². The largest absolute Gasteiger partial charge is 0.371 e. The molecule has 3 heteroatoms. The first-order chi connectivity index (χ1) is 6.29. The smallest absolute Gasteiger partial charge is 0.0407 e. The maximum Gasteiger partial charge on any atom is 0.0407 e. The molecule has 70 valence electrons. The van der Waals surface area contributed by atoms with Crippen LogP contribution in [0.4, 0.5) is 5.69 Å². The van der Waals surface area contributed by atoms with Crippen molar-refractivity contribution < 1.29 is 0 Å². The summed E-state index contributed by atoms with van der Waals surface area (Å²) in [6.07, 6.45) is 0. The first kappa shape index (κ1) is 8.85. The van der Waals surface area contributed by atoms with Gasteiger partial charge in [0.25, 0.3) is 0 Å². The van der Waals surface area contributed by atoms with E-state index in [1.54, 1.807) is 0 Å². The first-order valence-corrected chi connectivity index (χ1v) is 4.88. The highest BCUT2D eigenvalue weighted by Gasteiger charge is 2.24. The van der Waals surface area contributed by atoms with Crippen LogP contribution in [-0.4, -0.2) is 19.6 Å². The summed E-state index contributed by atoms with van der Waals surface area (Å²) in [5.74, 6) is 0.677. The maximum absolute atomic E-state index is 5.79. The Bertz CT molecular complexity index is 277. The number of hydrogen-bond acceptors (Lipinski definition) is 2. The molecule has 1 aromatic rings. The summed E-state index contributed by atoms with van der Waals surface area (Å²) < 4.78 is 0. The van der Waals surface area contributed by atoms with Crippen molar-refractivity contribution in [3.63, 3.8) is 0 Å². The van der Waals surface area contributed by atoms with Crippen molar-refractivity contribution in [2.24, 2.45) is 11.7 Å². The van der Waals surface area contributed by atoms with Crippen LogP contribution in [0.2, 0.25) is 5.02 Å². The minimum atomic E-state index is 0.677. The van der Waals surface area contributed by atoms with Crippen LogP contribution >= 0.6 is 11.6 Å². The van der Waals surface area contributed by atoms with Crippen molar-refractivity contribution >= 4 is 17.3 Å². The zero-order valence-electron chi connectivity index (χ0n) is 7.41. The van der Waals surface area contributed by atoms with Gasteiger partial charge in [-0.1, -0.05) is 11.6 Å². The number of rotatable bonds is 2. The zero-order chi connectivity index (χ0) is 9.26. The number of anilines is 1. The second-order valence-electron chi connectivity index (χ2n) is 3.48. The molecule has 13 heavy (non-hydrogen) atoms. The van der Waals surface area contributed by atoms with Crippen LogP contribution in [0.1, 0.15) is 0 Å². The van der Waals surface area contributed by atoms with Crippen LogP contribution in [0.3, 0.4) is 0 Å². The van der Waals surface area contributed by atoms with Crippen LogP contribution in [-0.2, 0) is 0 Å². The minimum Gasteiger partial charge on any atom is -0.371 e. The number of halogens is 1. The molecule has 1 aromatic carbocycles. The normalized spacial score (nSPS) is 17.2. The molecule has 2 rings (SSSR count). The van der Waals surface area contributed by atoms with Crippen LogP contribution in [0.5, 0.6) is 0 Å². The first-order valence-electron chi connectivity index (χ1n) is 4.50. The van der Waals surface area contributed by atoms with Crippen LogP contribution < -0.4 is 10.6 Å². The highest BCUT2D eigenvalue weighted by Crippen LogP contribution is 2.24. The Morgan fingerprint density at radius 2 is 1.92 bits per heavy atom. The van der Waals surface area contributed by atoms with Gasteiger partial charge in [-0.2, -0.15) is 0 Å². The van der Waals surface area contributed by atoms with Crippen LogP contribution in [0, 0.1) is 5.92 Å². The third-order valence-corrected chi connectivity index (χ3v) is 2.73. The lowest BCUT2D eigenvalue weighted by Gasteiger charge is -2.40. The molecule has 0 spiro atoms. The van der Waals surface area contributed by atoms with E-state index >= 15 is 0 Å². The number of nitrogens with two attached hydrogens (primary N) is 1. The van der Waals surface area contributed by atoms with Crippen molar-refractivity contribution in [2.45, 2.75) is 0 Å². The highest BCUT2D eigenvalue weighted by atomic mass is 35.5. The van der Waals surface area contributed by atoms with Gasteiger partial charge in [-0.25, -0.2) is 0 Å². The topological polar surface area (TPSA) is 29.3 Å². The van der Waals surface area contributed by atoms with Gasteiger partial charge in [0, 0.05) is 29.7 Å². The maximum atomic E-state index is 5.79. The van der Waals surface area contributed by atoms with Gasteiger partial charge in [0.2, 0.25) is 0 Å². The Hall–Kier alpha value is -0.730. The zero-order valence-corrected chi connectivity index (χ0v) is 8.17.